The van der Waals surface area contributed by atoms with Crippen LogP contribution in [0.3, 0.4) is 0 Å². The van der Waals surface area contributed by atoms with Crippen molar-refractivity contribution in [2.24, 2.45) is 7.05 Å². The van der Waals surface area contributed by atoms with Crippen molar-refractivity contribution in [1.29, 1.82) is 0 Å². The lowest BCUT2D eigenvalue weighted by molar-refractivity contribution is -0.126. The van der Waals surface area contributed by atoms with E-state index in [1.807, 2.05) is 17.8 Å². The zero-order valence-corrected chi connectivity index (χ0v) is 13.7. The molecule has 2 atom stereocenters. The summed E-state index contributed by atoms with van der Waals surface area (Å²) in [6.07, 6.45) is 3.76. The SMILES string of the molecule is CC1C(=O)NCCN1C(=O)NC1CCCN(c2ccnn2C)C1. The minimum Gasteiger partial charge on any atom is -0.355 e. The Hall–Kier alpha value is -2.25. The Bertz CT molecular complexity index is 586. The van der Waals surface area contributed by atoms with Crippen molar-refractivity contribution in [2.75, 3.05) is 31.1 Å². The van der Waals surface area contributed by atoms with Gasteiger partial charge in [-0.15, -0.1) is 0 Å². The molecule has 126 valence electrons. The molecule has 0 saturated carbocycles. The molecule has 1 aromatic heterocycles. The molecule has 0 bridgehead atoms. The van der Waals surface area contributed by atoms with Gasteiger partial charge in [-0.05, 0) is 19.8 Å². The maximum atomic E-state index is 12.5. The molecule has 8 heteroatoms. The topological polar surface area (TPSA) is 82.5 Å². The number of aryl methyl sites for hydroxylation is 1. The molecule has 2 N–H and O–H groups in total. The van der Waals surface area contributed by atoms with Gasteiger partial charge in [0.1, 0.15) is 11.9 Å². The van der Waals surface area contributed by atoms with E-state index < -0.39 is 6.04 Å². The summed E-state index contributed by atoms with van der Waals surface area (Å²) in [5, 5.41) is 10.1. The van der Waals surface area contributed by atoms with Crippen molar-refractivity contribution in [3.8, 4) is 0 Å². The third-order valence-corrected chi connectivity index (χ3v) is 4.63. The summed E-state index contributed by atoms with van der Waals surface area (Å²) in [5.41, 5.74) is 0. The van der Waals surface area contributed by atoms with E-state index in [4.69, 9.17) is 0 Å². The second kappa shape index (κ2) is 6.47. The van der Waals surface area contributed by atoms with Crippen LogP contribution < -0.4 is 15.5 Å². The van der Waals surface area contributed by atoms with Gasteiger partial charge in [0, 0.05) is 45.3 Å². The molecular weight excluding hydrogens is 296 g/mol. The van der Waals surface area contributed by atoms with Crippen LogP contribution in [0.15, 0.2) is 12.3 Å². The summed E-state index contributed by atoms with van der Waals surface area (Å²) in [7, 11) is 1.92. The van der Waals surface area contributed by atoms with Crippen molar-refractivity contribution < 1.29 is 9.59 Å². The molecule has 3 rings (SSSR count). The summed E-state index contributed by atoms with van der Waals surface area (Å²) >= 11 is 0. The molecular formula is C15H24N6O2. The lowest BCUT2D eigenvalue weighted by Gasteiger charge is -2.37. The number of anilines is 1. The lowest BCUT2D eigenvalue weighted by atomic mass is 10.1. The average Bonchev–Trinajstić information content (AvgIpc) is 2.96. The van der Waals surface area contributed by atoms with Gasteiger partial charge in [0.05, 0.1) is 6.20 Å². The van der Waals surface area contributed by atoms with E-state index in [9.17, 15) is 9.59 Å². The van der Waals surface area contributed by atoms with Gasteiger partial charge < -0.3 is 20.4 Å². The van der Waals surface area contributed by atoms with Crippen LogP contribution in [0, 0.1) is 0 Å². The second-order valence-electron chi connectivity index (χ2n) is 6.21. The maximum absolute atomic E-state index is 12.5. The quantitative estimate of drug-likeness (QED) is 0.798. The van der Waals surface area contributed by atoms with Gasteiger partial charge in [-0.2, -0.15) is 5.10 Å². The van der Waals surface area contributed by atoms with Gasteiger partial charge in [0.2, 0.25) is 5.91 Å². The monoisotopic (exact) mass is 320 g/mol. The van der Waals surface area contributed by atoms with Crippen LogP contribution in [-0.2, 0) is 11.8 Å². The third kappa shape index (κ3) is 3.25. The first kappa shape index (κ1) is 15.6. The minimum absolute atomic E-state index is 0.0864. The molecule has 0 radical (unpaired) electrons. The standard InChI is InChI=1S/C15H24N6O2/c1-11-14(22)16-7-9-21(11)15(23)18-12-4-3-8-20(10-12)13-5-6-17-19(13)2/h5-6,11-12H,3-4,7-10H2,1-2H3,(H,16,22)(H,18,23). The highest BCUT2D eigenvalue weighted by Gasteiger charge is 2.31. The molecule has 8 nitrogen and oxygen atoms in total. The van der Waals surface area contributed by atoms with Crippen LogP contribution in [0.1, 0.15) is 19.8 Å². The Kier molecular flexibility index (Phi) is 4.40. The minimum atomic E-state index is -0.416. The van der Waals surface area contributed by atoms with Gasteiger partial charge in [-0.3, -0.25) is 9.48 Å². The molecule has 0 spiro atoms. The van der Waals surface area contributed by atoms with E-state index >= 15 is 0 Å². The Morgan fingerprint density at radius 2 is 2.26 bits per heavy atom. The number of carbonyl (C=O) groups excluding carboxylic acids is 2. The highest BCUT2D eigenvalue weighted by molar-refractivity contribution is 5.88. The number of rotatable bonds is 2. The number of piperazine rings is 1. The number of hydrogen-bond acceptors (Lipinski definition) is 4. The Balaban J connectivity index is 1.60. The summed E-state index contributed by atoms with van der Waals surface area (Å²) in [4.78, 5) is 28.0. The first-order chi connectivity index (χ1) is 11.1. The molecule has 0 aromatic carbocycles. The zero-order valence-electron chi connectivity index (χ0n) is 13.7. The second-order valence-corrected chi connectivity index (χ2v) is 6.21. The van der Waals surface area contributed by atoms with Crippen LogP contribution in [-0.4, -0.2) is 64.9 Å². The number of piperidine rings is 1. The lowest BCUT2D eigenvalue weighted by Crippen LogP contribution is -2.60. The van der Waals surface area contributed by atoms with Crippen molar-refractivity contribution in [1.82, 2.24) is 25.3 Å². The average molecular weight is 320 g/mol. The van der Waals surface area contributed by atoms with Gasteiger partial charge in [-0.25, -0.2) is 4.79 Å². The van der Waals surface area contributed by atoms with Crippen LogP contribution in [0.4, 0.5) is 10.6 Å². The molecule has 23 heavy (non-hydrogen) atoms. The summed E-state index contributed by atoms with van der Waals surface area (Å²) in [6.45, 7) is 4.56. The summed E-state index contributed by atoms with van der Waals surface area (Å²) in [5.74, 6) is 0.973. The van der Waals surface area contributed by atoms with E-state index in [0.29, 0.717) is 13.1 Å². The maximum Gasteiger partial charge on any atom is 0.318 e. The van der Waals surface area contributed by atoms with E-state index in [0.717, 1.165) is 31.7 Å². The largest absolute Gasteiger partial charge is 0.355 e. The van der Waals surface area contributed by atoms with Crippen LogP contribution in [0.5, 0.6) is 0 Å². The highest BCUT2D eigenvalue weighted by atomic mass is 16.2. The summed E-state index contributed by atoms with van der Waals surface area (Å²) in [6, 6.07) is 1.51. The van der Waals surface area contributed by atoms with E-state index in [1.54, 1.807) is 18.0 Å². The molecule has 2 aliphatic heterocycles. The highest BCUT2D eigenvalue weighted by Crippen LogP contribution is 2.19. The van der Waals surface area contributed by atoms with Gasteiger partial charge in [0.15, 0.2) is 0 Å². The molecule has 2 saturated heterocycles. The number of amides is 3. The van der Waals surface area contributed by atoms with Gasteiger partial charge in [0.25, 0.3) is 0 Å². The first-order valence-corrected chi connectivity index (χ1v) is 8.14. The summed E-state index contributed by atoms with van der Waals surface area (Å²) < 4.78 is 1.85. The van der Waals surface area contributed by atoms with Crippen molar-refractivity contribution in [3.05, 3.63) is 12.3 Å². The predicted molar refractivity (Wildman–Crippen MR) is 86.2 cm³/mol. The van der Waals surface area contributed by atoms with Crippen molar-refractivity contribution in [3.63, 3.8) is 0 Å². The third-order valence-electron chi connectivity index (χ3n) is 4.63. The normalized spacial score (nSPS) is 25.2. The van der Waals surface area contributed by atoms with Gasteiger partial charge in [-0.1, -0.05) is 0 Å². The van der Waals surface area contributed by atoms with E-state index in [-0.39, 0.29) is 18.0 Å². The van der Waals surface area contributed by atoms with Crippen LogP contribution >= 0.6 is 0 Å². The number of hydrogen-bond donors (Lipinski definition) is 2. The fraction of sp³-hybridized carbons (Fsp3) is 0.667. The molecule has 2 unspecified atom stereocenters. The Morgan fingerprint density at radius 1 is 1.43 bits per heavy atom. The number of urea groups is 1. The van der Waals surface area contributed by atoms with Crippen molar-refractivity contribution in [2.45, 2.75) is 31.8 Å². The molecule has 0 aliphatic carbocycles. The number of carbonyl (C=O) groups is 2. The molecule has 1 aromatic rings. The zero-order chi connectivity index (χ0) is 16.4. The van der Waals surface area contributed by atoms with Crippen LogP contribution in [0.2, 0.25) is 0 Å². The van der Waals surface area contributed by atoms with E-state index in [1.165, 1.54) is 0 Å². The van der Waals surface area contributed by atoms with E-state index in [2.05, 4.69) is 20.6 Å². The molecule has 2 aliphatic rings. The number of aromatic nitrogens is 2. The van der Waals surface area contributed by atoms with Gasteiger partial charge >= 0.3 is 6.03 Å². The van der Waals surface area contributed by atoms with Crippen molar-refractivity contribution >= 4 is 17.8 Å². The Labute approximate surface area is 135 Å². The molecule has 3 heterocycles. The number of nitrogens with zero attached hydrogens (tertiary/aromatic N) is 4. The molecule has 2 fully saturated rings. The fourth-order valence-electron chi connectivity index (χ4n) is 3.30. The number of nitrogens with one attached hydrogen (secondary N) is 2. The first-order valence-electron chi connectivity index (χ1n) is 8.14. The predicted octanol–water partition coefficient (Wildman–Crippen LogP) is -0.0812. The molecule has 3 amide bonds. The Morgan fingerprint density at radius 3 is 3.00 bits per heavy atom. The van der Waals surface area contributed by atoms with Crippen LogP contribution in [0.25, 0.3) is 0 Å². The smallest absolute Gasteiger partial charge is 0.318 e. The fourth-order valence-corrected chi connectivity index (χ4v) is 3.30.